The quantitative estimate of drug-likeness (QED) is 0.0718. The van der Waals surface area contributed by atoms with Gasteiger partial charge in [0.15, 0.2) is 5.78 Å². The first kappa shape index (κ1) is 41.1. The Morgan fingerprint density at radius 3 is 1.87 bits per heavy atom. The summed E-state index contributed by atoms with van der Waals surface area (Å²) in [5, 5.41) is 4.60. The van der Waals surface area contributed by atoms with E-state index in [1.165, 1.54) is 12.1 Å². The van der Waals surface area contributed by atoms with E-state index in [0.29, 0.717) is 23.6 Å². The van der Waals surface area contributed by atoms with Crippen LogP contribution in [0.5, 0.6) is 0 Å². The molecule has 6 aromatic carbocycles. The first-order valence-corrected chi connectivity index (χ1v) is 21.2. The summed E-state index contributed by atoms with van der Waals surface area (Å²) in [4.78, 5) is 67.9. The molecule has 2 aliphatic rings. The number of thioether (sulfide) groups is 2. The molecule has 2 aliphatic heterocycles. The molecule has 12 heteroatoms. The lowest BCUT2D eigenvalue weighted by molar-refractivity contribution is -0.115. The summed E-state index contributed by atoms with van der Waals surface area (Å²) in [5.74, 6) is -3.96. The van der Waals surface area contributed by atoms with Crippen molar-refractivity contribution in [3.05, 3.63) is 219 Å². The van der Waals surface area contributed by atoms with Crippen molar-refractivity contribution in [1.29, 1.82) is 0 Å². The molecule has 1 unspecified atom stereocenters. The van der Waals surface area contributed by atoms with Gasteiger partial charge in [-0.1, -0.05) is 121 Å². The number of benzene rings is 6. The third kappa shape index (κ3) is 8.68. The molecule has 0 bridgehead atoms. The Morgan fingerprint density at radius 2 is 1.31 bits per heavy atom. The van der Waals surface area contributed by atoms with Gasteiger partial charge in [0.25, 0.3) is 23.0 Å². The highest BCUT2D eigenvalue weighted by molar-refractivity contribution is 8.18. The number of imide groups is 1. The molecule has 0 saturated carbocycles. The Bertz CT molecular complexity index is 2570. The van der Waals surface area contributed by atoms with Gasteiger partial charge in [-0.2, -0.15) is 0 Å². The van der Waals surface area contributed by atoms with Crippen molar-refractivity contribution in [3.63, 3.8) is 0 Å². The van der Waals surface area contributed by atoms with Crippen LogP contribution in [0, 0.1) is 11.6 Å². The second-order valence-corrected chi connectivity index (χ2v) is 17.1. The minimum Gasteiger partial charge on any atom is -0.350 e. The number of hydrogen-bond donors (Lipinski definition) is 2. The third-order valence-corrected chi connectivity index (χ3v) is 13.3. The van der Waals surface area contributed by atoms with Gasteiger partial charge in [-0.3, -0.25) is 29.3 Å². The van der Waals surface area contributed by atoms with Gasteiger partial charge in [0, 0.05) is 35.5 Å². The van der Waals surface area contributed by atoms with Gasteiger partial charge in [0.2, 0.25) is 0 Å². The van der Waals surface area contributed by atoms with Gasteiger partial charge in [-0.05, 0) is 76.8 Å². The largest absolute Gasteiger partial charge is 0.350 e. The third-order valence-electron chi connectivity index (χ3n) is 10.7. The molecule has 0 radical (unpaired) electrons. The maximum Gasteiger partial charge on any atom is 0.290 e. The van der Waals surface area contributed by atoms with Crippen LogP contribution in [0.1, 0.15) is 65.3 Å². The number of nitrogens with zero attached hydrogens (tertiary/aromatic N) is 1. The Morgan fingerprint density at radius 1 is 0.738 bits per heavy atom. The maximum atomic E-state index is 14.9. The Hall–Kier alpha value is -6.63. The number of ketones is 1. The minimum absolute atomic E-state index is 0.0305. The van der Waals surface area contributed by atoms with Crippen molar-refractivity contribution < 1.29 is 32.8 Å². The highest BCUT2D eigenvalue weighted by Gasteiger charge is 2.45. The highest BCUT2D eigenvalue weighted by atomic mass is 32.2. The van der Waals surface area contributed by atoms with Crippen LogP contribution in [0.2, 0.25) is 0 Å². The molecule has 8 nitrogen and oxygen atoms in total. The van der Waals surface area contributed by atoms with E-state index in [0.717, 1.165) is 40.6 Å². The number of hydrogen-bond acceptors (Lipinski definition) is 7. The molecule has 2 heterocycles. The number of halogens is 2. The van der Waals surface area contributed by atoms with Crippen LogP contribution in [0.25, 0.3) is 6.08 Å². The second kappa shape index (κ2) is 17.9. The smallest absolute Gasteiger partial charge is 0.290 e. The van der Waals surface area contributed by atoms with Gasteiger partial charge in [0.05, 0.1) is 26.8 Å². The van der Waals surface area contributed by atoms with Gasteiger partial charge >= 0.3 is 0 Å². The van der Waals surface area contributed by atoms with E-state index in [1.807, 2.05) is 54.6 Å². The molecule has 6 aromatic rings. The summed E-state index contributed by atoms with van der Waals surface area (Å²) in [6.07, 6.45) is 2.04. The molecular weight excluding hydrogens is 813 g/mol. The number of rotatable bonds is 12. The SMILES string of the molecule is O=C1NC(=O)/C(=C\c2ccc(C(=O)NC[C@@H]3CC(SC(c4ccccc4)(c4ccccc4)c4ccccc4)CN3C(=O)c3ccccc3C(=O)c3ccc(F)cc3F)cc2)S1. The zero-order chi connectivity index (χ0) is 42.5. The van der Waals surface area contributed by atoms with E-state index in [-0.39, 0.29) is 45.8 Å². The fourth-order valence-corrected chi connectivity index (χ4v) is 10.4. The fraction of sp³-hybridized carbons (Fsp3) is 0.122. The van der Waals surface area contributed by atoms with Gasteiger partial charge in [0.1, 0.15) is 11.6 Å². The molecule has 0 aromatic heterocycles. The topological polar surface area (TPSA) is 113 Å². The van der Waals surface area contributed by atoms with Crippen LogP contribution < -0.4 is 10.6 Å². The molecule has 0 aliphatic carbocycles. The van der Waals surface area contributed by atoms with Crippen LogP contribution in [0.4, 0.5) is 13.6 Å². The van der Waals surface area contributed by atoms with Gasteiger partial charge in [-0.15, -0.1) is 11.8 Å². The lowest BCUT2D eigenvalue weighted by Gasteiger charge is -2.37. The standard InChI is InChI=1S/C49H37F2N3O5S2/c50-36-24-25-41(42(51)27-36)44(55)39-18-10-11-19-40(39)47(58)54-30-38(28-37(54)29-52-45(56)32-22-20-31(21-23-32)26-43-46(57)53-48(59)60-43)61-49(33-12-4-1-5-13-33,34-14-6-2-7-15-34)35-16-8-3-9-17-35/h1-27,37-38H,28-30H2,(H,52,56)(H,53,57,59)/b43-26+/t37-,38?/m0/s1. The maximum absolute atomic E-state index is 14.9. The fourth-order valence-electron chi connectivity index (χ4n) is 7.83. The lowest BCUT2D eigenvalue weighted by atomic mass is 9.84. The van der Waals surface area contributed by atoms with Crippen molar-refractivity contribution in [1.82, 2.24) is 15.5 Å². The molecule has 2 fully saturated rings. The molecule has 61 heavy (non-hydrogen) atoms. The number of amides is 4. The second-order valence-electron chi connectivity index (χ2n) is 14.5. The van der Waals surface area contributed by atoms with Crippen LogP contribution in [-0.2, 0) is 9.54 Å². The van der Waals surface area contributed by atoms with Gasteiger partial charge in [-0.25, -0.2) is 8.78 Å². The first-order chi connectivity index (χ1) is 29.6. The van der Waals surface area contributed by atoms with E-state index >= 15 is 0 Å². The van der Waals surface area contributed by atoms with E-state index in [4.69, 9.17) is 0 Å². The summed E-state index contributed by atoms with van der Waals surface area (Å²) >= 11 is 2.52. The summed E-state index contributed by atoms with van der Waals surface area (Å²) < 4.78 is 28.1. The number of nitrogens with one attached hydrogen (secondary N) is 2. The van der Waals surface area contributed by atoms with E-state index in [1.54, 1.807) is 59.1 Å². The van der Waals surface area contributed by atoms with Crippen molar-refractivity contribution in [2.45, 2.75) is 22.5 Å². The molecule has 2 saturated heterocycles. The van der Waals surface area contributed by atoms with E-state index in [9.17, 15) is 32.8 Å². The zero-order valence-corrected chi connectivity index (χ0v) is 34.1. The van der Waals surface area contributed by atoms with E-state index < -0.39 is 45.3 Å². The summed E-state index contributed by atoms with van der Waals surface area (Å²) in [6.45, 7) is 0.327. The molecular formula is C49H37F2N3O5S2. The minimum atomic E-state index is -1.03. The Kier molecular flexibility index (Phi) is 12.1. The Balaban J connectivity index is 1.13. The van der Waals surface area contributed by atoms with E-state index in [2.05, 4.69) is 47.0 Å². The summed E-state index contributed by atoms with van der Waals surface area (Å²) in [7, 11) is 0. The zero-order valence-electron chi connectivity index (χ0n) is 32.4. The first-order valence-electron chi connectivity index (χ1n) is 19.5. The molecule has 304 valence electrons. The van der Waals surface area contributed by atoms with Crippen LogP contribution >= 0.6 is 23.5 Å². The number of likely N-dealkylation sites (tertiary alicyclic amines) is 1. The molecule has 8 rings (SSSR count). The van der Waals surface area contributed by atoms with Crippen molar-refractivity contribution in [2.75, 3.05) is 13.1 Å². The van der Waals surface area contributed by atoms with Crippen molar-refractivity contribution >= 4 is 58.3 Å². The normalized spacial score (nSPS) is 17.0. The molecule has 2 atom stereocenters. The van der Waals surface area contributed by atoms with Crippen LogP contribution in [-0.4, -0.2) is 58.0 Å². The summed E-state index contributed by atoms with van der Waals surface area (Å²) in [5.41, 5.74) is 3.77. The van der Waals surface area contributed by atoms with Crippen LogP contribution in [0.3, 0.4) is 0 Å². The van der Waals surface area contributed by atoms with Crippen molar-refractivity contribution in [2.24, 2.45) is 0 Å². The van der Waals surface area contributed by atoms with Gasteiger partial charge < -0.3 is 10.2 Å². The Labute approximate surface area is 359 Å². The monoisotopic (exact) mass is 849 g/mol. The number of carbonyl (C=O) groups is 5. The average Bonchev–Trinajstić information content (AvgIpc) is 3.85. The predicted octanol–water partition coefficient (Wildman–Crippen LogP) is 9.26. The highest BCUT2D eigenvalue weighted by Crippen LogP contribution is 2.52. The average molecular weight is 850 g/mol. The molecule has 4 amide bonds. The lowest BCUT2D eigenvalue weighted by Crippen LogP contribution is -2.43. The number of carbonyl (C=O) groups excluding carboxylic acids is 5. The van der Waals surface area contributed by atoms with Crippen LogP contribution in [0.15, 0.2) is 163 Å². The summed E-state index contributed by atoms with van der Waals surface area (Å²) in [6, 6.07) is 45.5. The molecule has 0 spiro atoms. The molecule has 2 N–H and O–H groups in total. The predicted molar refractivity (Wildman–Crippen MR) is 234 cm³/mol. The van der Waals surface area contributed by atoms with Crippen molar-refractivity contribution in [3.8, 4) is 0 Å².